The van der Waals surface area contributed by atoms with Crippen LogP contribution in [0.4, 0.5) is 0 Å². The summed E-state index contributed by atoms with van der Waals surface area (Å²) in [5.74, 6) is -0.0941. The Morgan fingerprint density at radius 2 is 1.94 bits per heavy atom. The summed E-state index contributed by atoms with van der Waals surface area (Å²) in [7, 11) is 0. The largest absolute Gasteiger partial charge is 0.338 e. The number of likely N-dealkylation sites (tertiary alicyclic amines) is 1. The van der Waals surface area contributed by atoms with Gasteiger partial charge in [-0.05, 0) is 12.5 Å². The number of imide groups is 1. The molecule has 5 heteroatoms. The van der Waals surface area contributed by atoms with Crippen molar-refractivity contribution in [2.45, 2.75) is 19.3 Å². The number of hydrogen-bond donors (Lipinski definition) is 0. The molecule has 86 valence electrons. The minimum Gasteiger partial charge on any atom is -0.338 e. The second-order valence-corrected chi connectivity index (χ2v) is 3.90. The Bertz CT molecular complexity index is 321. The Morgan fingerprint density at radius 1 is 1.19 bits per heavy atom. The number of rotatable bonds is 3. The second-order valence-electron chi connectivity index (χ2n) is 3.90. The van der Waals surface area contributed by atoms with Crippen molar-refractivity contribution < 1.29 is 9.59 Å². The third-order valence-corrected chi connectivity index (χ3v) is 2.70. The van der Waals surface area contributed by atoms with Crippen LogP contribution in [-0.2, 0) is 9.59 Å². The Morgan fingerprint density at radius 3 is 2.56 bits per heavy atom. The molecule has 0 atom stereocenters. The molecule has 2 heterocycles. The van der Waals surface area contributed by atoms with Crippen LogP contribution in [0.15, 0.2) is 17.3 Å². The number of hydrogen-bond acceptors (Lipinski definition) is 4. The molecule has 2 amide bonds. The lowest BCUT2D eigenvalue weighted by atomic mass is 10.1. The fraction of sp³-hybridized carbons (Fsp3) is 0.545. The van der Waals surface area contributed by atoms with Crippen LogP contribution >= 0.6 is 0 Å². The van der Waals surface area contributed by atoms with Gasteiger partial charge in [-0.25, -0.2) is 0 Å². The van der Waals surface area contributed by atoms with E-state index in [1.165, 1.54) is 4.90 Å². The fourth-order valence-corrected chi connectivity index (χ4v) is 1.83. The van der Waals surface area contributed by atoms with Gasteiger partial charge in [0.2, 0.25) is 11.8 Å². The maximum Gasteiger partial charge on any atom is 0.229 e. The van der Waals surface area contributed by atoms with Crippen molar-refractivity contribution in [1.82, 2.24) is 9.80 Å². The van der Waals surface area contributed by atoms with Gasteiger partial charge in [-0.1, -0.05) is 0 Å². The molecule has 2 aliphatic heterocycles. The molecule has 0 unspecified atom stereocenters. The highest BCUT2D eigenvalue weighted by Crippen LogP contribution is 2.11. The van der Waals surface area contributed by atoms with E-state index in [9.17, 15) is 9.59 Å². The van der Waals surface area contributed by atoms with Crippen LogP contribution in [0.3, 0.4) is 0 Å². The quantitative estimate of drug-likeness (QED) is 0.647. The number of carbonyl (C=O) groups excluding carboxylic acids is 2. The van der Waals surface area contributed by atoms with Crippen LogP contribution < -0.4 is 0 Å². The smallest absolute Gasteiger partial charge is 0.229 e. The lowest BCUT2D eigenvalue weighted by molar-refractivity contribution is -0.147. The van der Waals surface area contributed by atoms with Gasteiger partial charge in [-0.3, -0.25) is 19.5 Å². The van der Waals surface area contributed by atoms with Gasteiger partial charge < -0.3 is 4.90 Å². The lowest BCUT2D eigenvalue weighted by Gasteiger charge is -2.27. The molecule has 5 nitrogen and oxygen atoms in total. The Balaban J connectivity index is 1.86. The zero-order valence-electron chi connectivity index (χ0n) is 9.13. The maximum absolute atomic E-state index is 11.5. The van der Waals surface area contributed by atoms with Crippen LogP contribution in [0.25, 0.3) is 0 Å². The average Bonchev–Trinajstić information content (AvgIpc) is 2.30. The molecule has 0 aliphatic carbocycles. The van der Waals surface area contributed by atoms with Crippen molar-refractivity contribution in [3.8, 4) is 0 Å². The van der Waals surface area contributed by atoms with Gasteiger partial charge in [0.1, 0.15) is 0 Å². The third-order valence-electron chi connectivity index (χ3n) is 2.70. The standard InChI is InChI=1S/C11H15N3O2/c15-10-3-1-4-11(16)14(10)8-7-13-6-2-5-12-9-13/h2,6,9H,1,3-5,7-8H2. The van der Waals surface area contributed by atoms with E-state index in [1.54, 1.807) is 6.34 Å². The summed E-state index contributed by atoms with van der Waals surface area (Å²) in [6.07, 6.45) is 7.29. The molecule has 1 saturated heterocycles. The van der Waals surface area contributed by atoms with Crippen LogP contribution in [0.1, 0.15) is 19.3 Å². The predicted molar refractivity (Wildman–Crippen MR) is 59.8 cm³/mol. The lowest BCUT2D eigenvalue weighted by Crippen LogP contribution is -2.43. The van der Waals surface area contributed by atoms with Crippen molar-refractivity contribution in [3.05, 3.63) is 12.3 Å². The zero-order valence-corrected chi connectivity index (χ0v) is 9.13. The van der Waals surface area contributed by atoms with E-state index in [1.807, 2.05) is 17.2 Å². The first kappa shape index (κ1) is 10.9. The highest BCUT2D eigenvalue weighted by Gasteiger charge is 2.25. The van der Waals surface area contributed by atoms with Gasteiger partial charge in [0.25, 0.3) is 0 Å². The number of piperidine rings is 1. The highest BCUT2D eigenvalue weighted by molar-refractivity contribution is 5.97. The molecule has 2 aliphatic rings. The van der Waals surface area contributed by atoms with Gasteiger partial charge in [-0.15, -0.1) is 0 Å². The van der Waals surface area contributed by atoms with E-state index in [2.05, 4.69) is 4.99 Å². The minimum absolute atomic E-state index is 0.0471. The number of aliphatic imine (C=N–C) groups is 1. The van der Waals surface area contributed by atoms with Crippen LogP contribution in [0, 0.1) is 0 Å². The minimum atomic E-state index is -0.0471. The number of nitrogens with zero attached hydrogens (tertiary/aromatic N) is 3. The summed E-state index contributed by atoms with van der Waals surface area (Å²) in [6.45, 7) is 1.78. The molecule has 16 heavy (non-hydrogen) atoms. The van der Waals surface area contributed by atoms with Crippen molar-refractivity contribution in [2.24, 2.45) is 4.99 Å². The first-order chi connectivity index (χ1) is 7.77. The molecule has 0 aromatic carbocycles. The van der Waals surface area contributed by atoms with Crippen molar-refractivity contribution in [3.63, 3.8) is 0 Å². The molecule has 1 fully saturated rings. The summed E-state index contributed by atoms with van der Waals surface area (Å²) < 4.78 is 0. The molecule has 0 N–H and O–H groups in total. The van der Waals surface area contributed by atoms with E-state index >= 15 is 0 Å². The molecule has 0 bridgehead atoms. The van der Waals surface area contributed by atoms with Crippen LogP contribution in [0.5, 0.6) is 0 Å². The monoisotopic (exact) mass is 221 g/mol. The topological polar surface area (TPSA) is 53.0 Å². The van der Waals surface area contributed by atoms with Gasteiger partial charge in [0, 0.05) is 32.1 Å². The van der Waals surface area contributed by atoms with E-state index in [4.69, 9.17) is 0 Å². The van der Waals surface area contributed by atoms with Gasteiger partial charge in [0.15, 0.2) is 0 Å². The summed E-state index contributed by atoms with van der Waals surface area (Å²) in [5, 5.41) is 0. The van der Waals surface area contributed by atoms with E-state index < -0.39 is 0 Å². The normalized spacial score (nSPS) is 20.8. The first-order valence-corrected chi connectivity index (χ1v) is 5.53. The predicted octanol–water partition coefficient (Wildman–Crippen LogP) is 0.383. The van der Waals surface area contributed by atoms with Crippen LogP contribution in [0.2, 0.25) is 0 Å². The fourth-order valence-electron chi connectivity index (χ4n) is 1.83. The molecule has 0 spiro atoms. The Labute approximate surface area is 94.4 Å². The van der Waals surface area contributed by atoms with E-state index in [-0.39, 0.29) is 11.8 Å². The third kappa shape index (κ3) is 2.48. The maximum atomic E-state index is 11.5. The van der Waals surface area contributed by atoms with Gasteiger partial charge in [-0.2, -0.15) is 0 Å². The highest BCUT2D eigenvalue weighted by atomic mass is 16.2. The van der Waals surface area contributed by atoms with Crippen molar-refractivity contribution in [1.29, 1.82) is 0 Å². The summed E-state index contributed by atoms with van der Waals surface area (Å²) in [6, 6.07) is 0. The first-order valence-electron chi connectivity index (χ1n) is 5.53. The summed E-state index contributed by atoms with van der Waals surface area (Å²) in [4.78, 5) is 30.4. The van der Waals surface area contributed by atoms with Crippen molar-refractivity contribution >= 4 is 18.2 Å². The average molecular weight is 221 g/mol. The summed E-state index contributed by atoms with van der Waals surface area (Å²) >= 11 is 0. The second kappa shape index (κ2) is 4.92. The van der Waals surface area contributed by atoms with Crippen LogP contribution in [-0.4, -0.2) is 47.6 Å². The molecule has 0 saturated carbocycles. The number of carbonyl (C=O) groups is 2. The Hall–Kier alpha value is -1.65. The number of amides is 2. The Kier molecular flexibility index (Phi) is 3.34. The van der Waals surface area contributed by atoms with E-state index in [0.717, 1.165) is 0 Å². The van der Waals surface area contributed by atoms with Crippen molar-refractivity contribution in [2.75, 3.05) is 19.6 Å². The molecule has 0 radical (unpaired) electrons. The molecular weight excluding hydrogens is 206 g/mol. The zero-order chi connectivity index (χ0) is 11.4. The van der Waals surface area contributed by atoms with E-state index in [0.29, 0.717) is 38.9 Å². The molecule has 0 aromatic heterocycles. The van der Waals surface area contributed by atoms with Gasteiger partial charge in [0.05, 0.1) is 12.9 Å². The molecule has 2 rings (SSSR count). The SMILES string of the molecule is O=C1CCCC(=O)N1CCN1C=CCN=C1. The molecular formula is C11H15N3O2. The van der Waals surface area contributed by atoms with Gasteiger partial charge >= 0.3 is 0 Å². The molecule has 0 aromatic rings. The summed E-state index contributed by atoms with van der Waals surface area (Å²) in [5.41, 5.74) is 0.